The summed E-state index contributed by atoms with van der Waals surface area (Å²) >= 11 is 0. The Kier molecular flexibility index (Phi) is 4.58. The molecule has 0 radical (unpaired) electrons. The maximum atomic E-state index is 12.9. The first kappa shape index (κ1) is 18.8. The maximum Gasteiger partial charge on any atom is 0.303 e. The predicted molar refractivity (Wildman–Crippen MR) is 104 cm³/mol. The number of nitrogens with one attached hydrogen (secondary N) is 1. The molecule has 5 rings (SSSR count). The van der Waals surface area contributed by atoms with Gasteiger partial charge in [-0.15, -0.1) is 4.85 Å². The average Bonchev–Trinajstić information content (AvgIpc) is 3.51. The van der Waals surface area contributed by atoms with Gasteiger partial charge in [-0.2, -0.15) is 0 Å². The Morgan fingerprint density at radius 3 is 2.87 bits per heavy atom. The van der Waals surface area contributed by atoms with Crippen LogP contribution in [0.4, 0.5) is 0 Å². The van der Waals surface area contributed by atoms with E-state index in [-0.39, 0.29) is 17.3 Å². The van der Waals surface area contributed by atoms with Gasteiger partial charge < -0.3 is 20.3 Å². The van der Waals surface area contributed by atoms with Crippen LogP contribution in [0.25, 0.3) is 17.1 Å². The molecule has 0 atom stereocenters. The number of amides is 1. The molecule has 1 amide bonds. The summed E-state index contributed by atoms with van der Waals surface area (Å²) in [5, 5.41) is 35.6. The number of carbonyl (C=O) groups excluding carboxylic acids is 1. The van der Waals surface area contributed by atoms with Gasteiger partial charge in [-0.05, 0) is 28.3 Å². The van der Waals surface area contributed by atoms with Crippen molar-refractivity contribution in [3.63, 3.8) is 0 Å². The van der Waals surface area contributed by atoms with Gasteiger partial charge in [0.25, 0.3) is 5.91 Å². The van der Waals surface area contributed by atoms with Crippen LogP contribution in [0.15, 0.2) is 47.6 Å². The fourth-order valence-corrected chi connectivity index (χ4v) is 3.66. The molecule has 31 heavy (non-hydrogen) atoms. The van der Waals surface area contributed by atoms with Crippen LogP contribution in [0.2, 0.25) is 0 Å². The van der Waals surface area contributed by atoms with Crippen LogP contribution in [0.5, 0.6) is 0 Å². The van der Waals surface area contributed by atoms with Crippen molar-refractivity contribution in [2.75, 3.05) is 6.54 Å². The zero-order valence-electron chi connectivity index (χ0n) is 16.3. The van der Waals surface area contributed by atoms with E-state index in [9.17, 15) is 15.2 Å². The first-order valence-electron chi connectivity index (χ1n) is 9.77. The molecule has 1 aliphatic carbocycles. The maximum absolute atomic E-state index is 12.9. The van der Waals surface area contributed by atoms with Crippen molar-refractivity contribution in [1.82, 2.24) is 29.9 Å². The van der Waals surface area contributed by atoms with Crippen molar-refractivity contribution in [1.29, 1.82) is 0 Å². The molecule has 0 saturated carbocycles. The molecule has 0 aliphatic heterocycles. The molecule has 158 valence electrons. The van der Waals surface area contributed by atoms with E-state index in [1.807, 2.05) is 10.8 Å². The third-order valence-corrected chi connectivity index (χ3v) is 5.20. The van der Waals surface area contributed by atoms with Gasteiger partial charge in [0.1, 0.15) is 5.69 Å². The number of fused-ring (bicyclic) bond motifs is 3. The summed E-state index contributed by atoms with van der Waals surface area (Å²) < 4.78 is 6.58. The fourth-order valence-electron chi connectivity index (χ4n) is 3.66. The number of carbonyl (C=O) groups is 1. The number of para-hydroxylation sites is 1. The second-order valence-electron chi connectivity index (χ2n) is 7.11. The van der Waals surface area contributed by atoms with Gasteiger partial charge in [0, 0.05) is 38.3 Å². The number of nitrogens with zero attached hydrogens (tertiary/aromatic N) is 7. The van der Waals surface area contributed by atoms with Crippen LogP contribution >= 0.6 is 0 Å². The number of aryl methyl sites for hydroxylation is 1. The van der Waals surface area contributed by atoms with Gasteiger partial charge in [0.15, 0.2) is 5.69 Å². The number of aromatic nitrogens is 7. The highest BCUT2D eigenvalue weighted by Crippen LogP contribution is 2.27. The van der Waals surface area contributed by atoms with Gasteiger partial charge >= 0.3 is 11.4 Å². The third kappa shape index (κ3) is 3.27. The molecule has 4 aromatic rings. The highest BCUT2D eigenvalue weighted by molar-refractivity contribution is 5.97. The topological polar surface area (TPSA) is 145 Å². The van der Waals surface area contributed by atoms with Crippen molar-refractivity contribution in [2.45, 2.75) is 25.8 Å². The van der Waals surface area contributed by atoms with Crippen molar-refractivity contribution in [3.8, 4) is 17.1 Å². The van der Waals surface area contributed by atoms with Gasteiger partial charge in [-0.25, -0.2) is 4.98 Å². The molecule has 3 heterocycles. The first-order valence-corrected chi connectivity index (χ1v) is 9.77. The van der Waals surface area contributed by atoms with E-state index in [0.717, 1.165) is 17.8 Å². The molecule has 0 saturated heterocycles. The van der Waals surface area contributed by atoms with E-state index in [2.05, 4.69) is 25.2 Å². The normalized spacial score (nSPS) is 12.4. The van der Waals surface area contributed by atoms with Crippen molar-refractivity contribution >= 4 is 5.91 Å². The van der Waals surface area contributed by atoms with Crippen molar-refractivity contribution in [3.05, 3.63) is 70.4 Å². The third-order valence-electron chi connectivity index (χ3n) is 5.20. The lowest BCUT2D eigenvalue weighted by Gasteiger charge is -2.11. The van der Waals surface area contributed by atoms with E-state index in [0.29, 0.717) is 51.8 Å². The van der Waals surface area contributed by atoms with Crippen LogP contribution in [0.1, 0.15) is 28.2 Å². The molecule has 0 bridgehead atoms. The predicted octanol–water partition coefficient (Wildman–Crippen LogP) is -0.0907. The van der Waals surface area contributed by atoms with Crippen LogP contribution in [-0.4, -0.2) is 37.1 Å². The van der Waals surface area contributed by atoms with Gasteiger partial charge in [-0.3, -0.25) is 9.42 Å². The Labute approximate surface area is 175 Å². The summed E-state index contributed by atoms with van der Waals surface area (Å²) in [6, 6.07) is 6.72. The minimum absolute atomic E-state index is 0.251. The number of benzene rings is 1. The molecular formula is C19H18N8O4. The number of hydrogen-bond donors (Lipinski definition) is 1. The standard InChI is InChI=1S/C19H18N8O4/c28-19(21-8-3-10-24-11-9-20-12-24)13-4-1-2-5-14(13)25-22-17-15(26(25)29)6-7-16-18(17)23-31-27(16)30/h1-2,4-5,9,11-12H,3,6-8,10H2,(H,21,28). The molecule has 1 N–H and O–H groups in total. The Balaban J connectivity index is 1.40. The summed E-state index contributed by atoms with van der Waals surface area (Å²) in [7, 11) is 0. The second kappa shape index (κ2) is 7.55. The minimum Gasteiger partial charge on any atom is -0.692 e. The number of hydrogen-bond acceptors (Lipinski definition) is 7. The molecule has 0 spiro atoms. The Bertz CT molecular complexity index is 1240. The highest BCUT2D eigenvalue weighted by Gasteiger charge is 2.39. The summed E-state index contributed by atoms with van der Waals surface area (Å²) in [6.07, 6.45) is 6.65. The smallest absolute Gasteiger partial charge is 0.303 e. The average molecular weight is 422 g/mol. The molecule has 1 aliphatic rings. The van der Waals surface area contributed by atoms with E-state index < -0.39 is 0 Å². The van der Waals surface area contributed by atoms with Crippen LogP contribution in [0.3, 0.4) is 0 Å². The highest BCUT2D eigenvalue weighted by atomic mass is 16.8. The summed E-state index contributed by atoms with van der Waals surface area (Å²) in [4.78, 5) is 18.9. The Morgan fingerprint density at radius 2 is 2.03 bits per heavy atom. The van der Waals surface area contributed by atoms with E-state index in [4.69, 9.17) is 0 Å². The summed E-state index contributed by atoms with van der Waals surface area (Å²) in [6.45, 7) is 1.19. The Hall–Kier alpha value is -4.22. The second-order valence-corrected chi connectivity index (χ2v) is 7.11. The van der Waals surface area contributed by atoms with Gasteiger partial charge in [0.2, 0.25) is 5.69 Å². The fraction of sp³-hybridized carbons (Fsp3) is 0.263. The first-order chi connectivity index (χ1) is 15.1. The number of imidazole rings is 1. The summed E-state index contributed by atoms with van der Waals surface area (Å²) in [5.74, 6) is -0.311. The lowest BCUT2D eigenvalue weighted by atomic mass is 10.0. The van der Waals surface area contributed by atoms with Gasteiger partial charge in [-0.1, -0.05) is 12.1 Å². The van der Waals surface area contributed by atoms with Crippen LogP contribution < -0.4 is 15.1 Å². The molecule has 3 aromatic heterocycles. The minimum atomic E-state index is -0.311. The number of rotatable bonds is 6. The SMILES string of the molecule is O=C(NCCCn1ccnc1)c1ccccc1-n1nc2c([n+]1[O-])CCc1c-2no[n+]1[O-]. The van der Waals surface area contributed by atoms with E-state index in [1.165, 1.54) is 0 Å². The van der Waals surface area contributed by atoms with Crippen LogP contribution in [0, 0.1) is 10.4 Å². The van der Waals surface area contributed by atoms with Crippen molar-refractivity contribution < 1.29 is 19.2 Å². The zero-order valence-corrected chi connectivity index (χ0v) is 16.3. The Morgan fingerprint density at radius 1 is 1.19 bits per heavy atom. The van der Waals surface area contributed by atoms with Crippen molar-refractivity contribution in [2.24, 2.45) is 0 Å². The molecule has 0 fully saturated rings. The molecular weight excluding hydrogens is 404 g/mol. The largest absolute Gasteiger partial charge is 0.692 e. The lowest BCUT2D eigenvalue weighted by molar-refractivity contribution is -0.808. The molecule has 12 nitrogen and oxygen atoms in total. The zero-order chi connectivity index (χ0) is 21.4. The van der Waals surface area contributed by atoms with E-state index in [1.54, 1.807) is 36.8 Å². The monoisotopic (exact) mass is 422 g/mol. The summed E-state index contributed by atoms with van der Waals surface area (Å²) in [5.41, 5.74) is 1.89. The van der Waals surface area contributed by atoms with Gasteiger partial charge in [0.05, 0.1) is 22.1 Å². The molecule has 1 aromatic carbocycles. The lowest BCUT2D eigenvalue weighted by Crippen LogP contribution is -2.42. The quantitative estimate of drug-likeness (QED) is 0.260. The van der Waals surface area contributed by atoms with E-state index >= 15 is 0 Å². The molecule has 0 unspecified atom stereocenters. The molecule has 12 heteroatoms. The van der Waals surface area contributed by atoms with Crippen LogP contribution in [-0.2, 0) is 19.4 Å².